The van der Waals surface area contributed by atoms with Crippen molar-refractivity contribution in [3.63, 3.8) is 0 Å². The van der Waals surface area contributed by atoms with E-state index >= 15 is 0 Å². The van der Waals surface area contributed by atoms with Crippen LogP contribution in [0.1, 0.15) is 19.8 Å². The highest BCUT2D eigenvalue weighted by atomic mass is 28.4. The molecule has 0 rings (SSSR count). The molecule has 0 saturated carbocycles. The zero-order valence-corrected chi connectivity index (χ0v) is 11.0. The summed E-state index contributed by atoms with van der Waals surface area (Å²) in [5, 5.41) is 0. The Hall–Kier alpha value is 0.354. The molecule has 0 fully saturated rings. The average molecular weight is 203 g/mol. The third kappa shape index (κ3) is 5.94. The molecule has 4 heteroatoms. The second-order valence-corrected chi connectivity index (χ2v) is 10.6. The van der Waals surface area contributed by atoms with Crippen molar-refractivity contribution < 1.29 is 4.43 Å². The monoisotopic (exact) mass is 203 g/mol. The molecule has 0 bridgehead atoms. The predicted octanol–water partition coefficient (Wildman–Crippen LogP) is 2.10. The molecule has 0 aliphatic carbocycles. The molecule has 0 aromatic rings. The van der Waals surface area contributed by atoms with Gasteiger partial charge in [0.15, 0.2) is 0 Å². The highest BCUT2D eigenvalue weighted by molar-refractivity contribution is 6.78. The molecule has 2 radical (unpaired) electrons. The van der Waals surface area contributed by atoms with Crippen molar-refractivity contribution in [2.45, 2.75) is 39.4 Å². The molecule has 0 unspecified atom stereocenters. The standard InChI is InChI=1S/C8H21NOSi2/c1-6-7-8-10-11-9(2)12(3,4)5/h6-8H2,1-5H3. The van der Waals surface area contributed by atoms with Gasteiger partial charge in [0.25, 0.3) is 0 Å². The van der Waals surface area contributed by atoms with Crippen molar-refractivity contribution in [2.75, 3.05) is 13.7 Å². The maximum Gasteiger partial charge on any atom is 0.332 e. The van der Waals surface area contributed by atoms with E-state index in [1.165, 1.54) is 12.8 Å². The van der Waals surface area contributed by atoms with Crippen molar-refractivity contribution in [3.05, 3.63) is 0 Å². The van der Waals surface area contributed by atoms with Gasteiger partial charge in [-0.2, -0.15) is 0 Å². The van der Waals surface area contributed by atoms with E-state index in [2.05, 4.69) is 37.8 Å². The maximum atomic E-state index is 5.55. The smallest absolute Gasteiger partial charge is 0.332 e. The summed E-state index contributed by atoms with van der Waals surface area (Å²) < 4.78 is 7.93. The Labute approximate surface area is 80.4 Å². The van der Waals surface area contributed by atoms with Gasteiger partial charge in [-0.3, -0.25) is 0 Å². The molecule has 0 aliphatic rings. The highest BCUT2D eigenvalue weighted by Crippen LogP contribution is 2.04. The minimum Gasteiger partial charge on any atom is -0.403 e. The molecular weight excluding hydrogens is 182 g/mol. The van der Waals surface area contributed by atoms with Crippen LogP contribution in [0, 0.1) is 0 Å². The van der Waals surface area contributed by atoms with Crippen LogP contribution >= 0.6 is 0 Å². The van der Waals surface area contributed by atoms with Gasteiger partial charge in [-0.05, 0) is 13.5 Å². The quantitative estimate of drug-likeness (QED) is 0.484. The van der Waals surface area contributed by atoms with Gasteiger partial charge in [-0.1, -0.05) is 33.0 Å². The van der Waals surface area contributed by atoms with E-state index in [1.807, 2.05) is 0 Å². The molecule has 72 valence electrons. The van der Waals surface area contributed by atoms with Crippen molar-refractivity contribution in [2.24, 2.45) is 0 Å². The fourth-order valence-corrected chi connectivity index (χ4v) is 2.21. The second-order valence-electron chi connectivity index (χ2n) is 4.02. The van der Waals surface area contributed by atoms with Crippen LogP contribution < -0.4 is 0 Å². The van der Waals surface area contributed by atoms with Crippen LogP contribution in [0.4, 0.5) is 0 Å². The summed E-state index contributed by atoms with van der Waals surface area (Å²) >= 11 is 0. The predicted molar refractivity (Wildman–Crippen MR) is 57.7 cm³/mol. The number of hydrogen-bond acceptors (Lipinski definition) is 2. The Bertz CT molecular complexity index is 114. The van der Waals surface area contributed by atoms with Gasteiger partial charge < -0.3 is 8.66 Å². The normalized spacial score (nSPS) is 12.5. The van der Waals surface area contributed by atoms with E-state index in [1.54, 1.807) is 0 Å². The van der Waals surface area contributed by atoms with Gasteiger partial charge in [-0.25, -0.2) is 0 Å². The van der Waals surface area contributed by atoms with Gasteiger partial charge in [0.1, 0.15) is 8.24 Å². The van der Waals surface area contributed by atoms with Crippen LogP contribution in [0.25, 0.3) is 0 Å². The molecule has 0 heterocycles. The topological polar surface area (TPSA) is 12.5 Å². The lowest BCUT2D eigenvalue weighted by Crippen LogP contribution is -2.46. The van der Waals surface area contributed by atoms with Gasteiger partial charge >= 0.3 is 9.92 Å². The van der Waals surface area contributed by atoms with E-state index < -0.39 is 8.24 Å². The molecule has 2 nitrogen and oxygen atoms in total. The third-order valence-electron chi connectivity index (χ3n) is 1.81. The van der Waals surface area contributed by atoms with Crippen LogP contribution in [-0.4, -0.2) is 36.0 Å². The molecule has 0 saturated heterocycles. The van der Waals surface area contributed by atoms with Crippen molar-refractivity contribution in [1.82, 2.24) is 4.23 Å². The lowest BCUT2D eigenvalue weighted by molar-refractivity contribution is 0.307. The number of nitrogens with zero attached hydrogens (tertiary/aromatic N) is 1. The summed E-state index contributed by atoms with van der Waals surface area (Å²) in [5.41, 5.74) is 0. The summed E-state index contributed by atoms with van der Waals surface area (Å²) in [4.78, 5) is 0. The minimum atomic E-state index is -1.10. The Morgan fingerprint density at radius 2 is 1.92 bits per heavy atom. The Morgan fingerprint density at radius 1 is 1.33 bits per heavy atom. The first kappa shape index (κ1) is 12.4. The first-order valence-electron chi connectivity index (χ1n) is 4.59. The van der Waals surface area contributed by atoms with Crippen LogP contribution in [0.3, 0.4) is 0 Å². The fraction of sp³-hybridized carbons (Fsp3) is 1.00. The van der Waals surface area contributed by atoms with E-state index in [-0.39, 0.29) is 0 Å². The summed E-state index contributed by atoms with van der Waals surface area (Å²) in [6.07, 6.45) is 2.41. The summed E-state index contributed by atoms with van der Waals surface area (Å²) in [6.45, 7) is 10.1. The van der Waals surface area contributed by atoms with Crippen molar-refractivity contribution in [3.8, 4) is 0 Å². The Balaban J connectivity index is 3.38. The van der Waals surface area contributed by atoms with E-state index in [4.69, 9.17) is 4.43 Å². The maximum absolute atomic E-state index is 5.55. The lowest BCUT2D eigenvalue weighted by atomic mass is 10.4. The molecule has 0 atom stereocenters. The molecule has 0 aliphatic heterocycles. The fourth-order valence-electron chi connectivity index (χ4n) is 0.496. The van der Waals surface area contributed by atoms with E-state index in [0.717, 1.165) is 6.61 Å². The Morgan fingerprint density at radius 3 is 2.33 bits per heavy atom. The molecule has 0 aromatic carbocycles. The van der Waals surface area contributed by atoms with Gasteiger partial charge in [0.2, 0.25) is 0 Å². The molecule has 0 amide bonds. The molecule has 0 aromatic heterocycles. The van der Waals surface area contributed by atoms with Gasteiger partial charge in [0, 0.05) is 6.61 Å². The van der Waals surface area contributed by atoms with Gasteiger partial charge in [0.05, 0.1) is 0 Å². The third-order valence-corrected chi connectivity index (χ3v) is 6.71. The van der Waals surface area contributed by atoms with Crippen LogP contribution in [0.2, 0.25) is 19.6 Å². The first-order valence-corrected chi connectivity index (χ1v) is 8.90. The summed E-state index contributed by atoms with van der Waals surface area (Å²) in [6, 6.07) is 0. The summed E-state index contributed by atoms with van der Waals surface area (Å²) in [5.74, 6) is 0. The highest BCUT2D eigenvalue weighted by Gasteiger charge is 2.20. The molecule has 0 spiro atoms. The molecule has 0 N–H and O–H groups in total. The molecular formula is C8H21NOSi2. The first-order chi connectivity index (χ1) is 5.48. The lowest BCUT2D eigenvalue weighted by Gasteiger charge is -2.28. The second kappa shape index (κ2) is 5.91. The largest absolute Gasteiger partial charge is 0.403 e. The number of hydrogen-bond donors (Lipinski definition) is 0. The van der Waals surface area contributed by atoms with E-state index in [0.29, 0.717) is 9.92 Å². The van der Waals surface area contributed by atoms with Crippen LogP contribution in [0.5, 0.6) is 0 Å². The van der Waals surface area contributed by atoms with Crippen LogP contribution in [0.15, 0.2) is 0 Å². The number of unbranched alkanes of at least 4 members (excludes halogenated alkanes) is 1. The number of rotatable bonds is 6. The van der Waals surface area contributed by atoms with Crippen molar-refractivity contribution in [1.29, 1.82) is 0 Å². The SMILES string of the molecule is CCCCO[Si]N(C)[Si](C)(C)C. The van der Waals surface area contributed by atoms with Crippen LogP contribution in [-0.2, 0) is 4.43 Å². The summed E-state index contributed by atoms with van der Waals surface area (Å²) in [7, 11) is 1.63. The zero-order chi connectivity index (χ0) is 9.61. The van der Waals surface area contributed by atoms with Gasteiger partial charge in [-0.15, -0.1) is 0 Å². The van der Waals surface area contributed by atoms with E-state index in [9.17, 15) is 0 Å². The minimum absolute atomic E-state index is 0.562. The Kier molecular flexibility index (Phi) is 6.08. The van der Waals surface area contributed by atoms with Crippen molar-refractivity contribution >= 4 is 18.2 Å². The average Bonchev–Trinajstić information content (AvgIpc) is 1.96. The molecule has 12 heavy (non-hydrogen) atoms. The zero-order valence-electron chi connectivity index (χ0n) is 8.98.